The Morgan fingerprint density at radius 1 is 1.00 bits per heavy atom. The topological polar surface area (TPSA) is 44.5 Å². The maximum Gasteiger partial charge on any atom is 0.125 e. The van der Waals surface area contributed by atoms with E-state index in [9.17, 15) is 0 Å². The van der Waals surface area contributed by atoms with Crippen molar-refractivity contribution in [2.75, 3.05) is 13.2 Å². The molecular formula is C15H15BrClNO2. The molecule has 0 fully saturated rings. The first-order chi connectivity index (χ1) is 9.70. The minimum atomic E-state index is 0.350. The van der Waals surface area contributed by atoms with Crippen LogP contribution < -0.4 is 15.2 Å². The number of ether oxygens (including phenoxy) is 2. The summed E-state index contributed by atoms with van der Waals surface area (Å²) in [6.07, 6.45) is 0. The highest BCUT2D eigenvalue weighted by Gasteiger charge is 2.06. The Balaban J connectivity index is 1.84. The Hall–Kier alpha value is -1.23. The highest BCUT2D eigenvalue weighted by atomic mass is 79.9. The second kappa shape index (κ2) is 7.53. The number of nitrogens with two attached hydrogens (primary N) is 1. The molecule has 0 radical (unpaired) electrons. The van der Waals surface area contributed by atoms with E-state index < -0.39 is 0 Å². The molecule has 0 unspecified atom stereocenters. The second-order valence-electron chi connectivity index (χ2n) is 4.07. The first-order valence-corrected chi connectivity index (χ1v) is 7.36. The average molecular weight is 357 g/mol. The van der Waals surface area contributed by atoms with Gasteiger partial charge in [0, 0.05) is 21.6 Å². The van der Waals surface area contributed by atoms with Crippen LogP contribution in [0, 0.1) is 0 Å². The molecule has 0 saturated heterocycles. The standard InChI is InChI=1S/C15H15BrClNO2/c16-11-4-6-12(7-5-11)19-8-9-20-15-3-1-2-14(17)13(15)10-18/h1-7H,8-10,18H2. The molecule has 0 amide bonds. The maximum absolute atomic E-state index is 6.06. The minimum absolute atomic E-state index is 0.350. The summed E-state index contributed by atoms with van der Waals surface area (Å²) in [7, 11) is 0. The quantitative estimate of drug-likeness (QED) is 0.795. The molecule has 0 spiro atoms. The Labute approximate surface area is 131 Å². The van der Waals surface area contributed by atoms with Gasteiger partial charge in [-0.3, -0.25) is 0 Å². The number of hydrogen-bond donors (Lipinski definition) is 1. The van der Waals surface area contributed by atoms with Gasteiger partial charge >= 0.3 is 0 Å². The monoisotopic (exact) mass is 355 g/mol. The molecule has 0 aliphatic rings. The number of rotatable bonds is 6. The number of halogens is 2. The van der Waals surface area contributed by atoms with Crippen LogP contribution in [0.15, 0.2) is 46.9 Å². The Morgan fingerprint density at radius 2 is 1.70 bits per heavy atom. The molecule has 0 aliphatic carbocycles. The molecule has 0 heterocycles. The van der Waals surface area contributed by atoms with Gasteiger partial charge in [-0.25, -0.2) is 0 Å². The molecule has 2 aromatic carbocycles. The Bertz CT molecular complexity index is 560. The first kappa shape index (κ1) is 15.2. The highest BCUT2D eigenvalue weighted by Crippen LogP contribution is 2.25. The van der Waals surface area contributed by atoms with E-state index in [2.05, 4.69) is 15.9 Å². The molecule has 2 rings (SSSR count). The molecule has 2 aromatic rings. The molecule has 0 saturated carbocycles. The van der Waals surface area contributed by atoms with Gasteiger partial charge in [0.1, 0.15) is 24.7 Å². The summed E-state index contributed by atoms with van der Waals surface area (Å²) in [6.45, 7) is 1.24. The Kier molecular flexibility index (Phi) is 5.71. The summed E-state index contributed by atoms with van der Waals surface area (Å²) >= 11 is 9.43. The van der Waals surface area contributed by atoms with E-state index in [1.807, 2.05) is 36.4 Å². The van der Waals surface area contributed by atoms with Crippen LogP contribution in [0.1, 0.15) is 5.56 Å². The van der Waals surface area contributed by atoms with Crippen molar-refractivity contribution in [2.24, 2.45) is 5.73 Å². The van der Waals surface area contributed by atoms with Gasteiger partial charge in [0.25, 0.3) is 0 Å². The van der Waals surface area contributed by atoms with Gasteiger partial charge in [-0.05, 0) is 36.4 Å². The molecule has 0 atom stereocenters. The van der Waals surface area contributed by atoms with E-state index in [-0.39, 0.29) is 0 Å². The lowest BCUT2D eigenvalue weighted by atomic mass is 10.2. The second-order valence-corrected chi connectivity index (χ2v) is 5.39. The minimum Gasteiger partial charge on any atom is -0.490 e. The van der Waals surface area contributed by atoms with Crippen molar-refractivity contribution < 1.29 is 9.47 Å². The third-order valence-electron chi connectivity index (χ3n) is 2.70. The van der Waals surface area contributed by atoms with Crippen molar-refractivity contribution in [3.63, 3.8) is 0 Å². The number of hydrogen-bond acceptors (Lipinski definition) is 3. The van der Waals surface area contributed by atoms with E-state index in [1.165, 1.54) is 0 Å². The molecule has 0 bridgehead atoms. The zero-order valence-corrected chi connectivity index (χ0v) is 13.2. The SMILES string of the molecule is NCc1c(Cl)cccc1OCCOc1ccc(Br)cc1. The molecule has 0 aromatic heterocycles. The fourth-order valence-corrected chi connectivity index (χ4v) is 2.22. The van der Waals surface area contributed by atoms with Crippen LogP contribution in [-0.4, -0.2) is 13.2 Å². The summed E-state index contributed by atoms with van der Waals surface area (Å²) in [5.74, 6) is 1.52. The van der Waals surface area contributed by atoms with Crippen molar-refractivity contribution in [3.8, 4) is 11.5 Å². The lowest BCUT2D eigenvalue weighted by molar-refractivity contribution is 0.216. The fraction of sp³-hybridized carbons (Fsp3) is 0.200. The molecule has 0 aliphatic heterocycles. The molecular weight excluding hydrogens is 342 g/mol. The van der Waals surface area contributed by atoms with E-state index in [1.54, 1.807) is 6.07 Å². The van der Waals surface area contributed by atoms with Gasteiger partial charge in [-0.1, -0.05) is 33.6 Å². The van der Waals surface area contributed by atoms with Crippen molar-refractivity contribution in [2.45, 2.75) is 6.54 Å². The summed E-state index contributed by atoms with van der Waals surface area (Å²) < 4.78 is 12.3. The smallest absolute Gasteiger partial charge is 0.125 e. The van der Waals surface area contributed by atoms with Crippen molar-refractivity contribution >= 4 is 27.5 Å². The van der Waals surface area contributed by atoms with Crippen LogP contribution in [0.3, 0.4) is 0 Å². The molecule has 2 N–H and O–H groups in total. The molecule has 20 heavy (non-hydrogen) atoms. The van der Waals surface area contributed by atoms with Gasteiger partial charge < -0.3 is 15.2 Å². The third-order valence-corrected chi connectivity index (χ3v) is 3.59. The summed E-state index contributed by atoms with van der Waals surface area (Å²) in [5.41, 5.74) is 6.48. The van der Waals surface area contributed by atoms with Crippen LogP contribution >= 0.6 is 27.5 Å². The lowest BCUT2D eigenvalue weighted by Crippen LogP contribution is -2.11. The highest BCUT2D eigenvalue weighted by molar-refractivity contribution is 9.10. The van der Waals surface area contributed by atoms with E-state index in [0.29, 0.717) is 30.5 Å². The third kappa shape index (κ3) is 4.13. The molecule has 106 valence electrons. The largest absolute Gasteiger partial charge is 0.490 e. The molecule has 3 nitrogen and oxygen atoms in total. The summed E-state index contributed by atoms with van der Waals surface area (Å²) in [4.78, 5) is 0. The van der Waals surface area contributed by atoms with E-state index in [4.69, 9.17) is 26.8 Å². The number of benzene rings is 2. The van der Waals surface area contributed by atoms with Crippen LogP contribution in [-0.2, 0) is 6.54 Å². The fourth-order valence-electron chi connectivity index (χ4n) is 1.71. The van der Waals surface area contributed by atoms with Crippen LogP contribution in [0.25, 0.3) is 0 Å². The first-order valence-electron chi connectivity index (χ1n) is 6.19. The maximum atomic E-state index is 6.06. The predicted octanol–water partition coefficient (Wildman–Crippen LogP) is 4.02. The average Bonchev–Trinajstić information content (AvgIpc) is 2.45. The lowest BCUT2D eigenvalue weighted by Gasteiger charge is -2.12. The summed E-state index contributed by atoms with van der Waals surface area (Å²) in [6, 6.07) is 13.2. The van der Waals surface area contributed by atoms with E-state index >= 15 is 0 Å². The van der Waals surface area contributed by atoms with Crippen molar-refractivity contribution in [1.29, 1.82) is 0 Å². The normalized spacial score (nSPS) is 10.3. The van der Waals surface area contributed by atoms with E-state index in [0.717, 1.165) is 15.8 Å². The van der Waals surface area contributed by atoms with Gasteiger partial charge in [0.2, 0.25) is 0 Å². The predicted molar refractivity (Wildman–Crippen MR) is 84.5 cm³/mol. The van der Waals surface area contributed by atoms with Crippen LogP contribution in [0.5, 0.6) is 11.5 Å². The summed E-state index contributed by atoms with van der Waals surface area (Å²) in [5, 5.41) is 0.624. The zero-order chi connectivity index (χ0) is 14.4. The van der Waals surface area contributed by atoms with Gasteiger partial charge in [-0.2, -0.15) is 0 Å². The zero-order valence-electron chi connectivity index (χ0n) is 10.8. The van der Waals surface area contributed by atoms with Gasteiger partial charge in [0.15, 0.2) is 0 Å². The molecule has 5 heteroatoms. The van der Waals surface area contributed by atoms with Crippen molar-refractivity contribution in [3.05, 3.63) is 57.5 Å². The van der Waals surface area contributed by atoms with Gasteiger partial charge in [-0.15, -0.1) is 0 Å². The van der Waals surface area contributed by atoms with Crippen LogP contribution in [0.4, 0.5) is 0 Å². The Morgan fingerprint density at radius 3 is 2.40 bits per heavy atom. The van der Waals surface area contributed by atoms with Crippen molar-refractivity contribution in [1.82, 2.24) is 0 Å². The van der Waals surface area contributed by atoms with Gasteiger partial charge in [0.05, 0.1) is 0 Å². The van der Waals surface area contributed by atoms with Crippen LogP contribution in [0.2, 0.25) is 5.02 Å².